The molecule has 1 aliphatic carbocycles. The van der Waals surface area contributed by atoms with Crippen molar-refractivity contribution in [2.75, 3.05) is 14.1 Å². The number of aromatic carboxylic acids is 1. The predicted octanol–water partition coefficient (Wildman–Crippen LogP) is 2.49. The van der Waals surface area contributed by atoms with Gasteiger partial charge in [-0.1, -0.05) is 6.07 Å². The number of carbonyl (C=O) groups is 1. The van der Waals surface area contributed by atoms with Crippen LogP contribution in [0.2, 0.25) is 0 Å². The summed E-state index contributed by atoms with van der Waals surface area (Å²) in [5, 5.41) is 20.9. The standard InChI is InChI=1S/C21H23N3O4/c1-23(2)10-11-7-8-14-13(9-11)16-15(24(14)3)6-4-5-12-18(16)22-20(26)17(19(12)25)21(27)28/h7-9H,4-6,10H2,1-3H3,(H,27,28)(H2,22,25,26). The molecule has 2 aromatic heterocycles. The van der Waals surface area contributed by atoms with Crippen molar-refractivity contribution < 1.29 is 15.0 Å². The number of hydrogen-bond donors (Lipinski definition) is 3. The highest BCUT2D eigenvalue weighted by atomic mass is 16.4. The summed E-state index contributed by atoms with van der Waals surface area (Å²) in [4.78, 5) is 28.7. The molecular formula is C21H23N3O4. The lowest BCUT2D eigenvalue weighted by atomic mass is 9.99. The number of aromatic hydroxyl groups is 1. The highest BCUT2D eigenvalue weighted by Crippen LogP contribution is 2.41. The first-order chi connectivity index (χ1) is 13.3. The van der Waals surface area contributed by atoms with Crippen molar-refractivity contribution >= 4 is 16.9 Å². The van der Waals surface area contributed by atoms with Crippen LogP contribution in [0.5, 0.6) is 5.75 Å². The number of rotatable bonds is 3. The second-order valence-electron chi connectivity index (χ2n) is 7.66. The molecule has 28 heavy (non-hydrogen) atoms. The van der Waals surface area contributed by atoms with Gasteiger partial charge in [-0.25, -0.2) is 4.79 Å². The smallest absolute Gasteiger partial charge is 0.345 e. The van der Waals surface area contributed by atoms with Crippen molar-refractivity contribution in [3.63, 3.8) is 0 Å². The van der Waals surface area contributed by atoms with Gasteiger partial charge >= 0.3 is 5.97 Å². The molecule has 0 atom stereocenters. The van der Waals surface area contributed by atoms with E-state index in [-0.39, 0.29) is 0 Å². The quantitative estimate of drug-likeness (QED) is 0.647. The lowest BCUT2D eigenvalue weighted by Crippen LogP contribution is -2.20. The van der Waals surface area contributed by atoms with E-state index in [9.17, 15) is 19.8 Å². The largest absolute Gasteiger partial charge is 0.506 e. The molecular weight excluding hydrogens is 358 g/mol. The Balaban J connectivity index is 2.07. The minimum Gasteiger partial charge on any atom is -0.506 e. The molecule has 0 aliphatic heterocycles. The summed E-state index contributed by atoms with van der Waals surface area (Å²) in [5.74, 6) is -1.84. The lowest BCUT2D eigenvalue weighted by Gasteiger charge is -2.12. The van der Waals surface area contributed by atoms with E-state index in [0.717, 1.165) is 47.1 Å². The van der Waals surface area contributed by atoms with Crippen LogP contribution >= 0.6 is 0 Å². The highest BCUT2D eigenvalue weighted by Gasteiger charge is 2.28. The molecule has 4 rings (SSSR count). The van der Waals surface area contributed by atoms with Gasteiger partial charge < -0.3 is 24.7 Å². The Labute approximate surface area is 161 Å². The molecule has 146 valence electrons. The lowest BCUT2D eigenvalue weighted by molar-refractivity contribution is 0.0691. The Morgan fingerprint density at radius 3 is 2.71 bits per heavy atom. The first-order valence-corrected chi connectivity index (χ1v) is 9.26. The molecule has 0 saturated carbocycles. The maximum Gasteiger partial charge on any atom is 0.345 e. The predicted molar refractivity (Wildman–Crippen MR) is 107 cm³/mol. The van der Waals surface area contributed by atoms with Gasteiger partial charge in [0.25, 0.3) is 5.56 Å². The van der Waals surface area contributed by atoms with Crippen LogP contribution in [0.4, 0.5) is 0 Å². The zero-order chi connectivity index (χ0) is 20.2. The third kappa shape index (κ3) is 2.70. The third-order valence-electron chi connectivity index (χ3n) is 5.48. The molecule has 0 saturated heterocycles. The third-order valence-corrected chi connectivity index (χ3v) is 5.48. The second-order valence-corrected chi connectivity index (χ2v) is 7.66. The van der Waals surface area contributed by atoms with Gasteiger partial charge in [0.1, 0.15) is 5.75 Å². The number of carboxylic acids is 1. The van der Waals surface area contributed by atoms with E-state index in [4.69, 9.17) is 0 Å². The van der Waals surface area contributed by atoms with Gasteiger partial charge in [0.05, 0.1) is 5.69 Å². The molecule has 3 N–H and O–H groups in total. The number of nitrogens with one attached hydrogen (secondary N) is 1. The Morgan fingerprint density at radius 1 is 1.29 bits per heavy atom. The van der Waals surface area contributed by atoms with Gasteiger partial charge in [-0.2, -0.15) is 0 Å². The molecule has 7 nitrogen and oxygen atoms in total. The van der Waals surface area contributed by atoms with Gasteiger partial charge in [0, 0.05) is 41.3 Å². The van der Waals surface area contributed by atoms with E-state index in [1.54, 1.807) is 0 Å². The summed E-state index contributed by atoms with van der Waals surface area (Å²) in [7, 11) is 6.02. The average Bonchev–Trinajstić information content (AvgIpc) is 2.75. The number of pyridine rings is 1. The fraction of sp³-hybridized carbons (Fsp3) is 0.333. The molecule has 1 aliphatic rings. The van der Waals surface area contributed by atoms with Crippen molar-refractivity contribution in [2.45, 2.75) is 25.8 Å². The summed E-state index contributed by atoms with van der Waals surface area (Å²) in [6.45, 7) is 0.784. The second kappa shape index (κ2) is 6.53. The minimum absolute atomic E-state index is 0.416. The van der Waals surface area contributed by atoms with Crippen molar-refractivity contribution in [3.05, 3.63) is 50.9 Å². The van der Waals surface area contributed by atoms with E-state index >= 15 is 0 Å². The van der Waals surface area contributed by atoms with E-state index in [0.29, 0.717) is 17.7 Å². The number of carboxylic acid groups (broad SMARTS) is 1. The summed E-state index contributed by atoms with van der Waals surface area (Å²) in [6, 6.07) is 6.28. The topological polar surface area (TPSA) is 98.6 Å². The minimum atomic E-state index is -1.42. The molecule has 0 fully saturated rings. The van der Waals surface area contributed by atoms with E-state index in [1.165, 1.54) is 0 Å². The molecule has 1 aromatic carbocycles. The first kappa shape index (κ1) is 18.3. The Hall–Kier alpha value is -3.06. The number of fused-ring (bicyclic) bond motifs is 5. The van der Waals surface area contributed by atoms with Crippen molar-refractivity contribution in [1.29, 1.82) is 0 Å². The Morgan fingerprint density at radius 2 is 2.04 bits per heavy atom. The maximum atomic E-state index is 12.4. The maximum absolute atomic E-state index is 12.4. The van der Waals surface area contributed by atoms with Crippen LogP contribution in [-0.4, -0.2) is 44.7 Å². The van der Waals surface area contributed by atoms with Crippen LogP contribution < -0.4 is 5.56 Å². The van der Waals surface area contributed by atoms with Crippen LogP contribution in [0.1, 0.15) is 33.6 Å². The van der Waals surface area contributed by atoms with Crippen LogP contribution in [0.3, 0.4) is 0 Å². The molecule has 0 radical (unpaired) electrons. The monoisotopic (exact) mass is 381 g/mol. The van der Waals surface area contributed by atoms with Gasteiger partial charge in [-0.05, 0) is 51.1 Å². The number of aromatic nitrogens is 2. The first-order valence-electron chi connectivity index (χ1n) is 9.26. The molecule has 3 aromatic rings. The van der Waals surface area contributed by atoms with Crippen LogP contribution in [0.25, 0.3) is 22.2 Å². The van der Waals surface area contributed by atoms with Crippen LogP contribution in [-0.2, 0) is 26.4 Å². The number of hydrogen-bond acceptors (Lipinski definition) is 4. The SMILES string of the molecule is CN(C)Cc1ccc2c(c1)c1c(n2C)CCCc2c-1[nH]c(=O)c(C(=O)O)c2O. The van der Waals surface area contributed by atoms with Gasteiger partial charge in [0.15, 0.2) is 5.56 Å². The number of H-pyrrole nitrogens is 1. The van der Waals surface area contributed by atoms with Crippen molar-refractivity contribution in [2.24, 2.45) is 7.05 Å². The fourth-order valence-corrected chi connectivity index (χ4v) is 4.30. The average molecular weight is 381 g/mol. The molecule has 0 amide bonds. The summed E-state index contributed by atoms with van der Waals surface area (Å²) >= 11 is 0. The van der Waals surface area contributed by atoms with E-state index in [2.05, 4.69) is 32.7 Å². The zero-order valence-electron chi connectivity index (χ0n) is 16.2. The highest BCUT2D eigenvalue weighted by molar-refractivity contribution is 6.00. The van der Waals surface area contributed by atoms with Crippen molar-refractivity contribution in [3.8, 4) is 17.0 Å². The van der Waals surface area contributed by atoms with Gasteiger partial charge in [-0.3, -0.25) is 4.79 Å². The van der Waals surface area contributed by atoms with Crippen LogP contribution in [0.15, 0.2) is 23.0 Å². The molecule has 2 heterocycles. The molecule has 0 unspecified atom stereocenters. The zero-order valence-corrected chi connectivity index (χ0v) is 16.2. The fourth-order valence-electron chi connectivity index (χ4n) is 4.30. The molecule has 7 heteroatoms. The number of benzene rings is 1. The molecule has 0 bridgehead atoms. The molecule has 0 spiro atoms. The van der Waals surface area contributed by atoms with Gasteiger partial charge in [-0.15, -0.1) is 0 Å². The summed E-state index contributed by atoms with van der Waals surface area (Å²) < 4.78 is 2.12. The van der Waals surface area contributed by atoms with Crippen molar-refractivity contribution in [1.82, 2.24) is 14.5 Å². The van der Waals surface area contributed by atoms with Gasteiger partial charge in [0.2, 0.25) is 0 Å². The van der Waals surface area contributed by atoms with E-state index < -0.39 is 22.8 Å². The normalized spacial score (nSPS) is 13.4. The van der Waals surface area contributed by atoms with E-state index in [1.807, 2.05) is 21.1 Å². The number of aryl methyl sites for hydroxylation is 1. The summed E-state index contributed by atoms with van der Waals surface area (Å²) in [6.07, 6.45) is 2.04. The Bertz CT molecular complexity index is 1170. The van der Waals surface area contributed by atoms with Crippen LogP contribution in [0, 0.1) is 0 Å². The number of nitrogens with zero attached hydrogens (tertiary/aromatic N) is 2. The summed E-state index contributed by atoms with van der Waals surface area (Å²) in [5.41, 5.74) is 3.82. The Kier molecular flexibility index (Phi) is 4.27. The number of aromatic amines is 1.